The molecule has 0 saturated carbocycles. The third kappa shape index (κ3) is 4.74. The number of amides is 1. The molecule has 0 aliphatic carbocycles. The predicted octanol–water partition coefficient (Wildman–Crippen LogP) is 1.85. The van der Waals surface area contributed by atoms with Crippen LogP contribution in [0.2, 0.25) is 0 Å². The predicted molar refractivity (Wildman–Crippen MR) is 82.8 cm³/mol. The maximum Gasteiger partial charge on any atom is 0.236 e. The Balaban J connectivity index is 1.83. The molecule has 0 bridgehead atoms. The van der Waals surface area contributed by atoms with E-state index in [2.05, 4.69) is 22.0 Å². The molecule has 0 aromatic rings. The Morgan fingerprint density at radius 2 is 1.85 bits per heavy atom. The number of likely N-dealkylation sites (tertiary alicyclic amines) is 1. The van der Waals surface area contributed by atoms with Crippen LogP contribution in [0.15, 0.2) is 0 Å². The largest absolute Gasteiger partial charge is 0.342 e. The third-order valence-corrected chi connectivity index (χ3v) is 4.74. The SMILES string of the molecule is CCN(CC(=O)N1CCCCCCC1)C1CCCNC1. The highest BCUT2D eigenvalue weighted by Crippen LogP contribution is 2.13. The smallest absolute Gasteiger partial charge is 0.236 e. The monoisotopic (exact) mass is 281 g/mol. The first-order valence-electron chi connectivity index (χ1n) is 8.54. The Bertz CT molecular complexity index is 281. The van der Waals surface area contributed by atoms with Gasteiger partial charge in [-0.15, -0.1) is 0 Å². The Hall–Kier alpha value is -0.610. The first-order chi connectivity index (χ1) is 9.81. The lowest BCUT2D eigenvalue weighted by Crippen LogP contribution is -2.50. The standard InChI is InChI=1S/C16H31N3O/c1-2-18(15-9-8-10-17-13-15)14-16(20)19-11-6-4-3-5-7-12-19/h15,17H,2-14H2,1H3. The summed E-state index contributed by atoms with van der Waals surface area (Å²) in [4.78, 5) is 17.0. The van der Waals surface area contributed by atoms with Crippen LogP contribution in [0.4, 0.5) is 0 Å². The molecule has 2 heterocycles. The fraction of sp³-hybridized carbons (Fsp3) is 0.938. The second-order valence-electron chi connectivity index (χ2n) is 6.21. The Morgan fingerprint density at radius 1 is 1.15 bits per heavy atom. The molecule has 2 saturated heterocycles. The van der Waals surface area contributed by atoms with Gasteiger partial charge in [0.1, 0.15) is 0 Å². The van der Waals surface area contributed by atoms with E-state index in [-0.39, 0.29) is 0 Å². The number of nitrogens with one attached hydrogen (secondary N) is 1. The van der Waals surface area contributed by atoms with Crippen LogP contribution in [0.3, 0.4) is 0 Å². The molecule has 2 aliphatic rings. The van der Waals surface area contributed by atoms with Crippen LogP contribution in [0.1, 0.15) is 51.9 Å². The van der Waals surface area contributed by atoms with Gasteiger partial charge in [0.25, 0.3) is 0 Å². The van der Waals surface area contributed by atoms with E-state index in [0.29, 0.717) is 18.5 Å². The second-order valence-corrected chi connectivity index (χ2v) is 6.21. The van der Waals surface area contributed by atoms with Gasteiger partial charge in [-0.1, -0.05) is 26.2 Å². The summed E-state index contributed by atoms with van der Waals surface area (Å²) in [5.41, 5.74) is 0. The normalized spacial score (nSPS) is 25.3. The molecule has 0 spiro atoms. The third-order valence-electron chi connectivity index (χ3n) is 4.74. The lowest BCUT2D eigenvalue weighted by molar-refractivity contribution is -0.133. The zero-order valence-corrected chi connectivity index (χ0v) is 13.1. The molecular weight excluding hydrogens is 250 g/mol. The average Bonchev–Trinajstić information content (AvgIpc) is 2.45. The number of hydrogen-bond donors (Lipinski definition) is 1. The lowest BCUT2D eigenvalue weighted by atomic mass is 10.1. The highest BCUT2D eigenvalue weighted by Gasteiger charge is 2.24. The second kappa shape index (κ2) is 8.63. The van der Waals surface area contributed by atoms with Crippen molar-refractivity contribution in [3.05, 3.63) is 0 Å². The van der Waals surface area contributed by atoms with Crippen molar-refractivity contribution in [2.75, 3.05) is 39.3 Å². The zero-order chi connectivity index (χ0) is 14.2. The number of likely N-dealkylation sites (N-methyl/N-ethyl adjacent to an activating group) is 1. The molecule has 1 atom stereocenters. The zero-order valence-electron chi connectivity index (χ0n) is 13.1. The Kier molecular flexibility index (Phi) is 6.80. The maximum atomic E-state index is 12.5. The minimum Gasteiger partial charge on any atom is -0.342 e. The van der Waals surface area contributed by atoms with Crippen molar-refractivity contribution in [2.24, 2.45) is 0 Å². The van der Waals surface area contributed by atoms with Crippen LogP contribution >= 0.6 is 0 Å². The molecule has 4 heteroatoms. The first-order valence-corrected chi connectivity index (χ1v) is 8.54. The number of hydrogen-bond acceptors (Lipinski definition) is 3. The summed E-state index contributed by atoms with van der Waals surface area (Å²) in [6, 6.07) is 0.549. The van der Waals surface area contributed by atoms with Crippen molar-refractivity contribution in [2.45, 2.75) is 57.9 Å². The lowest BCUT2D eigenvalue weighted by Gasteiger charge is -2.35. The number of carbonyl (C=O) groups is 1. The van der Waals surface area contributed by atoms with E-state index in [9.17, 15) is 4.79 Å². The minimum absolute atomic E-state index is 0.347. The summed E-state index contributed by atoms with van der Waals surface area (Å²) in [7, 11) is 0. The van der Waals surface area contributed by atoms with Crippen molar-refractivity contribution in [1.29, 1.82) is 0 Å². The van der Waals surface area contributed by atoms with Crippen LogP contribution in [0.25, 0.3) is 0 Å². The van der Waals surface area contributed by atoms with E-state index in [0.717, 1.165) is 32.7 Å². The van der Waals surface area contributed by atoms with E-state index in [1.54, 1.807) is 0 Å². The van der Waals surface area contributed by atoms with Crippen LogP contribution < -0.4 is 5.32 Å². The van der Waals surface area contributed by atoms with Crippen molar-refractivity contribution < 1.29 is 4.79 Å². The number of carbonyl (C=O) groups excluding carboxylic acids is 1. The molecule has 2 aliphatic heterocycles. The molecular formula is C16H31N3O. The van der Waals surface area contributed by atoms with E-state index >= 15 is 0 Å². The van der Waals surface area contributed by atoms with Gasteiger partial charge in [0.2, 0.25) is 5.91 Å². The summed E-state index contributed by atoms with van der Waals surface area (Å²) in [5.74, 6) is 0.347. The van der Waals surface area contributed by atoms with Gasteiger partial charge in [-0.3, -0.25) is 9.69 Å². The molecule has 1 N–H and O–H groups in total. The number of nitrogens with zero attached hydrogens (tertiary/aromatic N) is 2. The minimum atomic E-state index is 0.347. The van der Waals surface area contributed by atoms with Gasteiger partial charge < -0.3 is 10.2 Å². The van der Waals surface area contributed by atoms with Gasteiger partial charge in [0.15, 0.2) is 0 Å². The van der Waals surface area contributed by atoms with Crippen LogP contribution in [-0.4, -0.2) is 61.0 Å². The summed E-state index contributed by atoms with van der Waals surface area (Å²) in [5, 5.41) is 3.45. The first kappa shape index (κ1) is 15.8. The summed E-state index contributed by atoms with van der Waals surface area (Å²) in [6.45, 7) is 7.89. The highest BCUT2D eigenvalue weighted by molar-refractivity contribution is 5.78. The summed E-state index contributed by atoms with van der Waals surface area (Å²) in [6.07, 6.45) is 8.75. The molecule has 0 radical (unpaired) electrons. The molecule has 20 heavy (non-hydrogen) atoms. The fourth-order valence-electron chi connectivity index (χ4n) is 3.41. The maximum absolute atomic E-state index is 12.5. The summed E-state index contributed by atoms with van der Waals surface area (Å²) >= 11 is 0. The fourth-order valence-corrected chi connectivity index (χ4v) is 3.41. The van der Waals surface area contributed by atoms with Gasteiger partial charge in [0.05, 0.1) is 6.54 Å². The van der Waals surface area contributed by atoms with Gasteiger partial charge in [-0.05, 0) is 38.8 Å². The van der Waals surface area contributed by atoms with Gasteiger partial charge >= 0.3 is 0 Å². The number of piperidine rings is 1. The van der Waals surface area contributed by atoms with E-state index < -0.39 is 0 Å². The van der Waals surface area contributed by atoms with Gasteiger partial charge in [-0.25, -0.2) is 0 Å². The summed E-state index contributed by atoms with van der Waals surface area (Å²) < 4.78 is 0. The van der Waals surface area contributed by atoms with Gasteiger partial charge in [-0.2, -0.15) is 0 Å². The van der Waals surface area contributed by atoms with E-state index in [1.807, 2.05) is 0 Å². The quantitative estimate of drug-likeness (QED) is 0.854. The van der Waals surface area contributed by atoms with Crippen molar-refractivity contribution >= 4 is 5.91 Å². The Labute approximate surface area is 123 Å². The van der Waals surface area contributed by atoms with Crippen LogP contribution in [0.5, 0.6) is 0 Å². The van der Waals surface area contributed by atoms with Crippen molar-refractivity contribution in [1.82, 2.24) is 15.1 Å². The van der Waals surface area contributed by atoms with Crippen LogP contribution in [0, 0.1) is 0 Å². The van der Waals surface area contributed by atoms with Crippen molar-refractivity contribution in [3.63, 3.8) is 0 Å². The molecule has 116 valence electrons. The molecule has 1 amide bonds. The van der Waals surface area contributed by atoms with Gasteiger partial charge in [0, 0.05) is 25.7 Å². The van der Waals surface area contributed by atoms with Crippen LogP contribution in [-0.2, 0) is 4.79 Å². The molecule has 4 nitrogen and oxygen atoms in total. The molecule has 0 aromatic carbocycles. The van der Waals surface area contributed by atoms with E-state index in [4.69, 9.17) is 0 Å². The molecule has 2 rings (SSSR count). The van der Waals surface area contributed by atoms with E-state index in [1.165, 1.54) is 44.9 Å². The molecule has 0 aromatic heterocycles. The molecule has 2 fully saturated rings. The number of rotatable bonds is 4. The molecule has 1 unspecified atom stereocenters. The highest BCUT2D eigenvalue weighted by atomic mass is 16.2. The Morgan fingerprint density at radius 3 is 2.45 bits per heavy atom. The van der Waals surface area contributed by atoms with Crippen molar-refractivity contribution in [3.8, 4) is 0 Å². The average molecular weight is 281 g/mol. The topological polar surface area (TPSA) is 35.6 Å².